The van der Waals surface area contributed by atoms with Gasteiger partial charge in [-0.05, 0) is 55.3 Å². The Bertz CT molecular complexity index is 1530. The molecule has 0 atom stereocenters. The van der Waals surface area contributed by atoms with Gasteiger partial charge in [-0.3, -0.25) is 4.79 Å². The number of nitrogens with zero attached hydrogens (tertiary/aromatic N) is 1. The number of furan rings is 1. The molecule has 0 radical (unpaired) electrons. The van der Waals surface area contributed by atoms with Gasteiger partial charge in [0.1, 0.15) is 21.8 Å². The Morgan fingerprint density at radius 2 is 1.74 bits per heavy atom. The van der Waals surface area contributed by atoms with Gasteiger partial charge >= 0.3 is 5.97 Å². The van der Waals surface area contributed by atoms with Gasteiger partial charge in [0.15, 0.2) is 0 Å². The number of rotatable bonds is 3. The first kappa shape index (κ1) is 18.1. The lowest BCUT2D eigenvalue weighted by atomic mass is 10.1. The fourth-order valence-corrected chi connectivity index (χ4v) is 5.82. The molecule has 2 heterocycles. The van der Waals surface area contributed by atoms with Gasteiger partial charge in [-0.15, -0.1) is 0 Å². The summed E-state index contributed by atoms with van der Waals surface area (Å²) >= 11 is 0. The van der Waals surface area contributed by atoms with Crippen LogP contribution in [0.2, 0.25) is 0 Å². The monoisotopic (exact) mass is 433 g/mol. The number of esters is 1. The summed E-state index contributed by atoms with van der Waals surface area (Å²) < 4.78 is 37.8. The van der Waals surface area contributed by atoms with Crippen molar-refractivity contribution in [1.82, 2.24) is 4.31 Å². The molecule has 154 valence electrons. The summed E-state index contributed by atoms with van der Waals surface area (Å²) in [5, 5.41) is 1.71. The normalized spacial score (nSPS) is 17.3. The molecule has 1 aliphatic carbocycles. The second-order valence-corrected chi connectivity index (χ2v) is 9.48. The number of amides is 1. The van der Waals surface area contributed by atoms with Gasteiger partial charge in [-0.25, -0.2) is 17.5 Å². The molecule has 1 aromatic heterocycles. The average Bonchev–Trinajstić information content (AvgIpc) is 3.48. The van der Waals surface area contributed by atoms with Crippen molar-refractivity contribution in [3.05, 3.63) is 71.8 Å². The van der Waals surface area contributed by atoms with Crippen LogP contribution in [0.4, 0.5) is 0 Å². The summed E-state index contributed by atoms with van der Waals surface area (Å²) in [7, 11) is -3.94. The van der Waals surface area contributed by atoms with E-state index in [2.05, 4.69) is 0 Å². The molecule has 1 amide bonds. The minimum absolute atomic E-state index is 0.0601. The molecule has 0 bridgehead atoms. The summed E-state index contributed by atoms with van der Waals surface area (Å²) in [4.78, 5) is 25.1. The fraction of sp³-hybridized carbons (Fsp3) is 0.130. The predicted molar refractivity (Wildman–Crippen MR) is 111 cm³/mol. The number of benzene rings is 3. The Morgan fingerprint density at radius 1 is 0.968 bits per heavy atom. The number of hydrogen-bond donors (Lipinski definition) is 0. The number of carbonyl (C=O) groups excluding carboxylic acids is 2. The Labute approximate surface area is 176 Å². The molecule has 1 aliphatic heterocycles. The Balaban J connectivity index is 1.34. The number of sulfonamides is 1. The van der Waals surface area contributed by atoms with E-state index in [1.807, 2.05) is 24.3 Å². The topological polar surface area (TPSA) is 93.9 Å². The number of fused-ring (bicyclic) bond motifs is 4. The van der Waals surface area contributed by atoms with E-state index < -0.39 is 21.9 Å². The van der Waals surface area contributed by atoms with Gasteiger partial charge in [0, 0.05) is 16.8 Å². The molecule has 1 saturated carbocycles. The second kappa shape index (κ2) is 6.18. The second-order valence-electron chi connectivity index (χ2n) is 7.69. The number of para-hydroxylation sites is 1. The molecular weight excluding hydrogens is 418 g/mol. The highest BCUT2D eigenvalue weighted by molar-refractivity contribution is 7.90. The van der Waals surface area contributed by atoms with Crippen LogP contribution in [0.25, 0.3) is 21.9 Å². The van der Waals surface area contributed by atoms with Crippen molar-refractivity contribution in [2.75, 3.05) is 0 Å². The van der Waals surface area contributed by atoms with Gasteiger partial charge in [0.2, 0.25) is 0 Å². The Kier molecular flexibility index (Phi) is 3.62. The van der Waals surface area contributed by atoms with Gasteiger partial charge in [0.25, 0.3) is 15.9 Å². The maximum atomic E-state index is 12.8. The molecule has 1 fully saturated rings. The molecule has 0 saturated heterocycles. The van der Waals surface area contributed by atoms with Crippen LogP contribution in [0.3, 0.4) is 0 Å². The van der Waals surface area contributed by atoms with E-state index in [1.54, 1.807) is 18.2 Å². The minimum Gasteiger partial charge on any atom is -0.456 e. The molecule has 7 nitrogen and oxygen atoms in total. The van der Waals surface area contributed by atoms with E-state index in [1.165, 1.54) is 18.2 Å². The first-order valence-electron chi connectivity index (χ1n) is 9.80. The van der Waals surface area contributed by atoms with E-state index in [4.69, 9.17) is 9.15 Å². The lowest BCUT2D eigenvalue weighted by Crippen LogP contribution is -2.31. The smallest absolute Gasteiger partial charge is 0.343 e. The van der Waals surface area contributed by atoms with Gasteiger partial charge in [-0.2, -0.15) is 0 Å². The summed E-state index contributed by atoms with van der Waals surface area (Å²) in [5.74, 6) is -0.930. The van der Waals surface area contributed by atoms with Crippen LogP contribution in [0.15, 0.2) is 70.0 Å². The van der Waals surface area contributed by atoms with Crippen molar-refractivity contribution in [2.24, 2.45) is 0 Å². The zero-order chi connectivity index (χ0) is 21.3. The summed E-state index contributed by atoms with van der Waals surface area (Å²) in [6, 6.07) is 16.3. The summed E-state index contributed by atoms with van der Waals surface area (Å²) in [5.41, 5.74) is 1.55. The lowest BCUT2D eigenvalue weighted by molar-refractivity contribution is 0.0733. The van der Waals surface area contributed by atoms with Crippen molar-refractivity contribution in [1.29, 1.82) is 0 Å². The Hall–Kier alpha value is -3.65. The van der Waals surface area contributed by atoms with Crippen LogP contribution >= 0.6 is 0 Å². The van der Waals surface area contributed by atoms with Crippen LogP contribution in [0.1, 0.15) is 33.6 Å². The third-order valence-electron chi connectivity index (χ3n) is 5.62. The average molecular weight is 433 g/mol. The number of hydrogen-bond acceptors (Lipinski definition) is 6. The molecule has 2 aliphatic rings. The quantitative estimate of drug-likeness (QED) is 0.357. The summed E-state index contributed by atoms with van der Waals surface area (Å²) in [6.45, 7) is 0. The largest absolute Gasteiger partial charge is 0.456 e. The highest BCUT2D eigenvalue weighted by Crippen LogP contribution is 2.40. The molecule has 4 aromatic rings. The molecule has 8 heteroatoms. The molecule has 3 aromatic carbocycles. The third kappa shape index (κ3) is 2.68. The number of ether oxygens (including phenoxy) is 1. The Morgan fingerprint density at radius 3 is 2.55 bits per heavy atom. The highest BCUT2D eigenvalue weighted by Gasteiger charge is 2.48. The summed E-state index contributed by atoms with van der Waals surface area (Å²) in [6.07, 6.45) is 1.33. The van der Waals surface area contributed by atoms with Crippen LogP contribution in [-0.4, -0.2) is 30.6 Å². The van der Waals surface area contributed by atoms with Gasteiger partial charge < -0.3 is 9.15 Å². The molecular formula is C23H15NO6S. The van der Waals surface area contributed by atoms with Crippen molar-refractivity contribution < 1.29 is 27.2 Å². The maximum Gasteiger partial charge on any atom is 0.343 e. The molecule has 6 rings (SSSR count). The molecule has 0 spiro atoms. The van der Waals surface area contributed by atoms with Crippen molar-refractivity contribution in [3.63, 3.8) is 0 Å². The predicted octanol–water partition coefficient (Wildman–Crippen LogP) is 4.11. The zero-order valence-electron chi connectivity index (χ0n) is 16.1. The molecule has 0 unspecified atom stereocenters. The van der Waals surface area contributed by atoms with Crippen LogP contribution in [0.5, 0.6) is 5.75 Å². The fourth-order valence-electron chi connectivity index (χ4n) is 3.98. The van der Waals surface area contributed by atoms with Crippen molar-refractivity contribution in [3.8, 4) is 5.75 Å². The van der Waals surface area contributed by atoms with E-state index in [0.717, 1.165) is 20.7 Å². The first-order chi connectivity index (χ1) is 14.9. The van der Waals surface area contributed by atoms with E-state index in [0.29, 0.717) is 24.2 Å². The third-order valence-corrected chi connectivity index (χ3v) is 7.50. The first-order valence-corrected chi connectivity index (χ1v) is 11.2. The highest BCUT2D eigenvalue weighted by atomic mass is 32.2. The van der Waals surface area contributed by atoms with Gasteiger partial charge in [0.05, 0.1) is 11.1 Å². The van der Waals surface area contributed by atoms with Gasteiger partial charge in [-0.1, -0.05) is 18.2 Å². The van der Waals surface area contributed by atoms with E-state index in [9.17, 15) is 18.0 Å². The zero-order valence-corrected chi connectivity index (χ0v) is 16.9. The lowest BCUT2D eigenvalue weighted by Gasteiger charge is -2.13. The molecule has 31 heavy (non-hydrogen) atoms. The van der Waals surface area contributed by atoms with Crippen LogP contribution in [0, 0.1) is 0 Å². The standard InChI is InChI=1S/C23H15NO6S/c25-22-17-9-5-13(11-21(17)31(27,28)24(22)14-6-7-14)23(26)29-15-8-10-20-18(12-15)16-3-1-2-4-19(16)30-20/h1-5,8-12,14H,6-7H2. The van der Waals surface area contributed by atoms with E-state index >= 15 is 0 Å². The van der Waals surface area contributed by atoms with Crippen LogP contribution in [-0.2, 0) is 10.0 Å². The maximum absolute atomic E-state index is 12.8. The van der Waals surface area contributed by atoms with Crippen molar-refractivity contribution >= 4 is 43.8 Å². The minimum atomic E-state index is -3.94. The number of carbonyl (C=O) groups is 2. The SMILES string of the molecule is O=C(Oc1ccc2oc3ccccc3c2c1)c1ccc2c(c1)S(=O)(=O)N(C1CC1)C2=O. The molecule has 0 N–H and O–H groups in total. The van der Waals surface area contributed by atoms with Crippen LogP contribution < -0.4 is 4.74 Å². The van der Waals surface area contributed by atoms with E-state index in [-0.39, 0.29) is 22.1 Å². The van der Waals surface area contributed by atoms with Crippen molar-refractivity contribution in [2.45, 2.75) is 23.8 Å².